The standard InChI is InChI=1S/C22H33N5O6S/c1-13(2)8-14(18(28)22(3)12-33-22)25-21(31)17(11-34-5)27-20(30)16(10-32-4)26-19(29)15-9-23-6-7-24-15/h6-7,9,13-14,16-17H,8,10-12H2,1-5H3,(H,25,31)(H,26,29)(H,27,30)/t14-,16-,17-,22+/m0/s1. The number of Topliss-reactive ketones (excluding diaryl/α,β-unsaturated/α-hetero) is 1. The molecule has 1 saturated heterocycles. The average molecular weight is 496 g/mol. The summed E-state index contributed by atoms with van der Waals surface area (Å²) >= 11 is 1.36. The molecule has 4 atom stereocenters. The van der Waals surface area contributed by atoms with Crippen LogP contribution in [0.2, 0.25) is 0 Å². The first-order valence-corrected chi connectivity index (χ1v) is 12.3. The van der Waals surface area contributed by atoms with E-state index in [1.54, 1.807) is 13.2 Å². The van der Waals surface area contributed by atoms with E-state index in [0.29, 0.717) is 13.0 Å². The molecule has 1 aromatic rings. The topological polar surface area (TPSA) is 152 Å². The number of nitrogens with one attached hydrogen (secondary N) is 3. The Kier molecular flexibility index (Phi) is 10.4. The van der Waals surface area contributed by atoms with E-state index in [4.69, 9.17) is 9.47 Å². The van der Waals surface area contributed by atoms with Crippen LogP contribution in [-0.4, -0.2) is 89.5 Å². The van der Waals surface area contributed by atoms with Crippen LogP contribution >= 0.6 is 11.8 Å². The molecule has 0 aromatic carbocycles. The lowest BCUT2D eigenvalue weighted by molar-refractivity contribution is -0.133. The van der Waals surface area contributed by atoms with Gasteiger partial charge < -0.3 is 25.4 Å². The molecule has 1 aliphatic heterocycles. The van der Waals surface area contributed by atoms with E-state index < -0.39 is 41.4 Å². The van der Waals surface area contributed by atoms with Crippen LogP contribution in [0.3, 0.4) is 0 Å². The Morgan fingerprint density at radius 3 is 2.29 bits per heavy atom. The predicted octanol–water partition coefficient (Wildman–Crippen LogP) is -0.0419. The maximum absolute atomic E-state index is 13.1. The van der Waals surface area contributed by atoms with Crippen molar-refractivity contribution in [1.29, 1.82) is 0 Å². The van der Waals surface area contributed by atoms with Crippen molar-refractivity contribution >= 4 is 35.3 Å². The first kappa shape index (κ1) is 27.7. The number of carbonyl (C=O) groups excluding carboxylic acids is 4. The van der Waals surface area contributed by atoms with Gasteiger partial charge in [0.1, 0.15) is 23.4 Å². The molecule has 0 radical (unpaired) electrons. The smallest absolute Gasteiger partial charge is 0.272 e. The SMILES string of the molecule is COC[C@H](NC(=O)c1cnccn1)C(=O)N[C@@H](CSC)C(=O)N[C@@H](CC(C)C)C(=O)[C@@]1(C)CO1. The number of carbonyl (C=O) groups is 4. The largest absolute Gasteiger partial charge is 0.382 e. The number of methoxy groups -OCH3 is 1. The Morgan fingerprint density at radius 1 is 1.12 bits per heavy atom. The zero-order valence-corrected chi connectivity index (χ0v) is 20.9. The highest BCUT2D eigenvalue weighted by Gasteiger charge is 2.50. The molecule has 1 aromatic heterocycles. The van der Waals surface area contributed by atoms with Gasteiger partial charge >= 0.3 is 0 Å². The molecular weight excluding hydrogens is 462 g/mol. The zero-order chi connectivity index (χ0) is 25.3. The second kappa shape index (κ2) is 12.8. The fourth-order valence-corrected chi connectivity index (χ4v) is 3.78. The molecule has 34 heavy (non-hydrogen) atoms. The molecule has 188 valence electrons. The summed E-state index contributed by atoms with van der Waals surface area (Å²) in [5, 5.41) is 8.00. The molecule has 0 spiro atoms. The van der Waals surface area contributed by atoms with E-state index >= 15 is 0 Å². The van der Waals surface area contributed by atoms with Gasteiger partial charge in [-0.2, -0.15) is 11.8 Å². The Hall–Kier alpha value is -2.57. The summed E-state index contributed by atoms with van der Waals surface area (Å²) in [6.45, 7) is 5.82. The molecular formula is C22H33N5O6S. The summed E-state index contributed by atoms with van der Waals surface area (Å²) < 4.78 is 10.3. The Balaban J connectivity index is 2.08. The van der Waals surface area contributed by atoms with Gasteiger partial charge in [-0.25, -0.2) is 4.98 Å². The fourth-order valence-electron chi connectivity index (χ4n) is 3.21. The first-order chi connectivity index (χ1) is 16.1. The van der Waals surface area contributed by atoms with E-state index in [0.717, 1.165) is 0 Å². The van der Waals surface area contributed by atoms with Crippen molar-refractivity contribution in [1.82, 2.24) is 25.9 Å². The molecule has 1 fully saturated rings. The van der Waals surface area contributed by atoms with Gasteiger partial charge in [0.15, 0.2) is 5.78 Å². The number of hydrogen-bond donors (Lipinski definition) is 3. The molecule has 11 nitrogen and oxygen atoms in total. The van der Waals surface area contributed by atoms with Crippen LogP contribution < -0.4 is 16.0 Å². The van der Waals surface area contributed by atoms with Crippen LogP contribution in [0, 0.1) is 5.92 Å². The summed E-state index contributed by atoms with van der Waals surface area (Å²) in [7, 11) is 1.39. The second-order valence-corrected chi connectivity index (χ2v) is 9.57. The number of rotatable bonds is 14. The normalized spacial score (nSPS) is 19.6. The summed E-state index contributed by atoms with van der Waals surface area (Å²) in [5.41, 5.74) is -0.833. The number of hydrogen-bond acceptors (Lipinski definition) is 9. The molecule has 3 N–H and O–H groups in total. The van der Waals surface area contributed by atoms with Crippen LogP contribution in [0.5, 0.6) is 0 Å². The van der Waals surface area contributed by atoms with Crippen molar-refractivity contribution in [2.24, 2.45) is 5.92 Å². The van der Waals surface area contributed by atoms with Crippen LogP contribution in [-0.2, 0) is 23.9 Å². The molecule has 2 rings (SSSR count). The molecule has 0 saturated carbocycles. The maximum atomic E-state index is 13.1. The van der Waals surface area contributed by atoms with Gasteiger partial charge in [-0.15, -0.1) is 0 Å². The van der Waals surface area contributed by atoms with Crippen LogP contribution in [0.1, 0.15) is 37.7 Å². The van der Waals surface area contributed by atoms with Crippen molar-refractivity contribution in [3.63, 3.8) is 0 Å². The molecule has 0 unspecified atom stereocenters. The molecule has 1 aliphatic rings. The highest BCUT2D eigenvalue weighted by Crippen LogP contribution is 2.29. The Morgan fingerprint density at radius 2 is 1.76 bits per heavy atom. The third-order valence-electron chi connectivity index (χ3n) is 5.16. The molecule has 3 amide bonds. The van der Waals surface area contributed by atoms with Crippen LogP contribution in [0.4, 0.5) is 0 Å². The third kappa shape index (κ3) is 8.03. The highest BCUT2D eigenvalue weighted by atomic mass is 32.2. The van der Waals surface area contributed by atoms with E-state index in [2.05, 4.69) is 25.9 Å². The van der Waals surface area contributed by atoms with Crippen LogP contribution in [0.25, 0.3) is 0 Å². The molecule has 0 bridgehead atoms. The van der Waals surface area contributed by atoms with E-state index in [1.165, 1.54) is 37.5 Å². The minimum Gasteiger partial charge on any atom is -0.382 e. The van der Waals surface area contributed by atoms with Gasteiger partial charge in [-0.1, -0.05) is 13.8 Å². The van der Waals surface area contributed by atoms with Crippen LogP contribution in [0.15, 0.2) is 18.6 Å². The minimum absolute atomic E-state index is 0.0423. The maximum Gasteiger partial charge on any atom is 0.272 e. The van der Waals surface area contributed by atoms with Crippen molar-refractivity contribution in [2.45, 2.75) is 50.9 Å². The first-order valence-electron chi connectivity index (χ1n) is 10.9. The van der Waals surface area contributed by atoms with Crippen molar-refractivity contribution in [2.75, 3.05) is 32.3 Å². The lowest BCUT2D eigenvalue weighted by Crippen LogP contribution is -2.58. The van der Waals surface area contributed by atoms with Gasteiger partial charge in [0, 0.05) is 25.3 Å². The summed E-state index contributed by atoms with van der Waals surface area (Å²) in [6.07, 6.45) is 6.31. The zero-order valence-electron chi connectivity index (χ0n) is 20.1. The summed E-state index contributed by atoms with van der Waals surface area (Å²) in [4.78, 5) is 59.0. The number of epoxide rings is 1. The van der Waals surface area contributed by atoms with Crippen molar-refractivity contribution in [3.8, 4) is 0 Å². The van der Waals surface area contributed by atoms with Gasteiger partial charge in [0.25, 0.3) is 5.91 Å². The fraction of sp³-hybridized carbons (Fsp3) is 0.636. The van der Waals surface area contributed by atoms with Gasteiger partial charge in [0.05, 0.1) is 25.5 Å². The van der Waals surface area contributed by atoms with E-state index in [1.807, 2.05) is 13.8 Å². The molecule has 12 heteroatoms. The number of ether oxygens (including phenoxy) is 2. The van der Waals surface area contributed by atoms with Gasteiger partial charge in [0.2, 0.25) is 11.8 Å². The number of aromatic nitrogens is 2. The third-order valence-corrected chi connectivity index (χ3v) is 5.82. The molecule has 0 aliphatic carbocycles. The van der Waals surface area contributed by atoms with Gasteiger partial charge in [-0.05, 0) is 25.5 Å². The summed E-state index contributed by atoms with van der Waals surface area (Å²) in [5.74, 6) is -1.44. The lowest BCUT2D eigenvalue weighted by atomic mass is 9.93. The van der Waals surface area contributed by atoms with Crippen molar-refractivity contribution < 1.29 is 28.7 Å². The second-order valence-electron chi connectivity index (χ2n) is 8.66. The number of ketones is 1. The Labute approximate surface area is 203 Å². The van der Waals surface area contributed by atoms with E-state index in [9.17, 15) is 19.2 Å². The predicted molar refractivity (Wildman–Crippen MR) is 126 cm³/mol. The average Bonchev–Trinajstić information content (AvgIpc) is 3.56. The number of nitrogens with zero attached hydrogens (tertiary/aromatic N) is 2. The summed E-state index contributed by atoms with van der Waals surface area (Å²) in [6, 6.07) is -2.72. The lowest BCUT2D eigenvalue weighted by Gasteiger charge is -2.26. The highest BCUT2D eigenvalue weighted by molar-refractivity contribution is 7.98. The number of thioether (sulfide) groups is 1. The Bertz CT molecular complexity index is 865. The monoisotopic (exact) mass is 495 g/mol. The number of amides is 3. The van der Waals surface area contributed by atoms with Crippen molar-refractivity contribution in [3.05, 3.63) is 24.3 Å². The molecule has 2 heterocycles. The van der Waals surface area contributed by atoms with E-state index in [-0.39, 0.29) is 29.8 Å². The quantitative estimate of drug-likeness (QED) is 0.302. The minimum atomic E-state index is -1.07. The van der Waals surface area contributed by atoms with Gasteiger partial charge in [-0.3, -0.25) is 24.2 Å².